The van der Waals surface area contributed by atoms with E-state index < -0.39 is 0 Å². The summed E-state index contributed by atoms with van der Waals surface area (Å²) in [5.74, 6) is 0. The van der Waals surface area contributed by atoms with Gasteiger partial charge in [0.1, 0.15) is 0 Å². The van der Waals surface area contributed by atoms with Gasteiger partial charge in [0.15, 0.2) is 0 Å². The largest absolute Gasteiger partial charge is 0.378 e. The summed E-state index contributed by atoms with van der Waals surface area (Å²) in [5.41, 5.74) is 8.07. The number of nitrogens with two attached hydrogens (primary N) is 1. The molecule has 0 fully saturated rings. The van der Waals surface area contributed by atoms with Crippen molar-refractivity contribution in [3.63, 3.8) is 0 Å². The van der Waals surface area contributed by atoms with Gasteiger partial charge in [0.2, 0.25) is 0 Å². The Morgan fingerprint density at radius 2 is 1.85 bits per heavy atom. The molecule has 0 aliphatic rings. The molecule has 0 bridgehead atoms. The van der Waals surface area contributed by atoms with Crippen LogP contribution in [0.2, 0.25) is 0 Å². The zero-order valence-corrected chi connectivity index (χ0v) is 8.20. The van der Waals surface area contributed by atoms with Crippen LogP contribution in [0.4, 0.5) is 5.69 Å². The van der Waals surface area contributed by atoms with E-state index in [0.29, 0.717) is 0 Å². The molecule has 0 aliphatic heterocycles. The first-order valence-corrected chi connectivity index (χ1v) is 4.30. The molecule has 13 heavy (non-hydrogen) atoms. The van der Waals surface area contributed by atoms with Crippen LogP contribution in [0.25, 0.3) is 0 Å². The van der Waals surface area contributed by atoms with E-state index in [4.69, 9.17) is 5.73 Å². The lowest BCUT2D eigenvalue weighted by Gasteiger charge is -2.13. The zero-order chi connectivity index (χ0) is 9.84. The smallest absolute Gasteiger partial charge is 0.0478 e. The van der Waals surface area contributed by atoms with E-state index in [2.05, 4.69) is 23.6 Å². The van der Waals surface area contributed by atoms with Crippen LogP contribution in [-0.2, 0) is 0 Å². The second kappa shape index (κ2) is 4.10. The van der Waals surface area contributed by atoms with Crippen LogP contribution in [0.1, 0.15) is 11.6 Å². The summed E-state index contributed by atoms with van der Waals surface area (Å²) in [6.45, 7) is 3.66. The van der Waals surface area contributed by atoms with Crippen molar-refractivity contribution in [2.24, 2.45) is 5.73 Å². The maximum atomic E-state index is 5.79. The highest BCUT2D eigenvalue weighted by Crippen LogP contribution is 2.16. The Labute approximate surface area is 79.7 Å². The predicted octanol–water partition coefficient (Wildman–Crippen LogP) is 1.94. The number of anilines is 1. The van der Waals surface area contributed by atoms with Gasteiger partial charge in [-0.25, -0.2) is 0 Å². The third-order valence-electron chi connectivity index (χ3n) is 2.05. The van der Waals surface area contributed by atoms with Gasteiger partial charge >= 0.3 is 0 Å². The van der Waals surface area contributed by atoms with Crippen LogP contribution < -0.4 is 10.6 Å². The lowest BCUT2D eigenvalue weighted by atomic mass is 10.1. The quantitative estimate of drug-likeness (QED) is 0.713. The Morgan fingerprint density at radius 3 is 2.23 bits per heavy atom. The summed E-state index contributed by atoms with van der Waals surface area (Å²) in [4.78, 5) is 2.06. The van der Waals surface area contributed by atoms with E-state index in [9.17, 15) is 0 Å². The monoisotopic (exact) mass is 176 g/mol. The summed E-state index contributed by atoms with van der Waals surface area (Å²) >= 11 is 0. The summed E-state index contributed by atoms with van der Waals surface area (Å²) in [7, 11) is 4.03. The Balaban J connectivity index is 2.87. The molecular formula is C11H16N2. The van der Waals surface area contributed by atoms with Gasteiger partial charge in [0, 0.05) is 25.8 Å². The number of benzene rings is 1. The van der Waals surface area contributed by atoms with E-state index in [1.54, 1.807) is 6.08 Å². The fourth-order valence-electron chi connectivity index (χ4n) is 1.13. The third kappa shape index (κ3) is 2.33. The zero-order valence-electron chi connectivity index (χ0n) is 8.20. The van der Waals surface area contributed by atoms with Crippen molar-refractivity contribution in [2.75, 3.05) is 19.0 Å². The van der Waals surface area contributed by atoms with Crippen molar-refractivity contribution in [3.8, 4) is 0 Å². The summed E-state index contributed by atoms with van der Waals surface area (Å²) in [5, 5.41) is 0. The minimum atomic E-state index is -0.0591. The van der Waals surface area contributed by atoms with Crippen molar-refractivity contribution in [3.05, 3.63) is 42.5 Å². The van der Waals surface area contributed by atoms with Crippen LogP contribution in [0.3, 0.4) is 0 Å². The van der Waals surface area contributed by atoms with Crippen LogP contribution in [0.15, 0.2) is 36.9 Å². The molecule has 0 amide bonds. The first-order chi connectivity index (χ1) is 6.15. The molecule has 0 aromatic heterocycles. The van der Waals surface area contributed by atoms with E-state index in [1.807, 2.05) is 26.2 Å². The molecule has 2 N–H and O–H groups in total. The number of hydrogen-bond donors (Lipinski definition) is 1. The highest BCUT2D eigenvalue weighted by Gasteiger charge is 2.00. The average Bonchev–Trinajstić information content (AvgIpc) is 2.17. The number of rotatable bonds is 3. The fraction of sp³-hybridized carbons (Fsp3) is 0.273. The fourth-order valence-corrected chi connectivity index (χ4v) is 1.13. The molecule has 1 aromatic carbocycles. The number of hydrogen-bond acceptors (Lipinski definition) is 2. The molecule has 1 unspecified atom stereocenters. The topological polar surface area (TPSA) is 29.3 Å². The summed E-state index contributed by atoms with van der Waals surface area (Å²) in [6.07, 6.45) is 1.74. The molecule has 0 heterocycles. The van der Waals surface area contributed by atoms with Crippen molar-refractivity contribution in [2.45, 2.75) is 6.04 Å². The molecular weight excluding hydrogens is 160 g/mol. The van der Waals surface area contributed by atoms with Crippen LogP contribution in [0.5, 0.6) is 0 Å². The summed E-state index contributed by atoms with van der Waals surface area (Å²) in [6, 6.07) is 8.11. The molecule has 2 nitrogen and oxygen atoms in total. The lowest BCUT2D eigenvalue weighted by molar-refractivity contribution is 0.913. The molecule has 0 aliphatic carbocycles. The van der Waals surface area contributed by atoms with Crippen LogP contribution in [0, 0.1) is 0 Å². The van der Waals surface area contributed by atoms with Crippen molar-refractivity contribution < 1.29 is 0 Å². The third-order valence-corrected chi connectivity index (χ3v) is 2.05. The Hall–Kier alpha value is -1.28. The van der Waals surface area contributed by atoms with Crippen molar-refractivity contribution >= 4 is 5.69 Å². The van der Waals surface area contributed by atoms with Gasteiger partial charge in [-0.15, -0.1) is 6.58 Å². The van der Waals surface area contributed by atoms with E-state index in [0.717, 1.165) is 5.56 Å². The number of nitrogens with zero attached hydrogens (tertiary/aromatic N) is 1. The maximum absolute atomic E-state index is 5.79. The minimum Gasteiger partial charge on any atom is -0.378 e. The molecule has 1 rings (SSSR count). The van der Waals surface area contributed by atoms with Gasteiger partial charge in [0.05, 0.1) is 0 Å². The molecule has 70 valence electrons. The lowest BCUT2D eigenvalue weighted by Crippen LogP contribution is -2.10. The maximum Gasteiger partial charge on any atom is 0.0478 e. The molecule has 0 saturated heterocycles. The van der Waals surface area contributed by atoms with Gasteiger partial charge in [-0.05, 0) is 17.7 Å². The van der Waals surface area contributed by atoms with Gasteiger partial charge in [-0.1, -0.05) is 18.2 Å². The van der Waals surface area contributed by atoms with Crippen molar-refractivity contribution in [1.82, 2.24) is 0 Å². The Morgan fingerprint density at radius 1 is 1.31 bits per heavy atom. The highest BCUT2D eigenvalue weighted by molar-refractivity contribution is 5.46. The predicted molar refractivity (Wildman–Crippen MR) is 57.9 cm³/mol. The minimum absolute atomic E-state index is 0.0591. The first-order valence-electron chi connectivity index (χ1n) is 4.30. The SMILES string of the molecule is C=CC(N)c1ccc(N(C)C)cc1. The Bertz CT molecular complexity index is 275. The van der Waals surface area contributed by atoms with Gasteiger partial charge in [0.25, 0.3) is 0 Å². The van der Waals surface area contributed by atoms with Crippen LogP contribution >= 0.6 is 0 Å². The van der Waals surface area contributed by atoms with E-state index in [-0.39, 0.29) is 6.04 Å². The summed E-state index contributed by atoms with van der Waals surface area (Å²) < 4.78 is 0. The van der Waals surface area contributed by atoms with Gasteiger partial charge in [-0.3, -0.25) is 0 Å². The second-order valence-electron chi connectivity index (χ2n) is 3.25. The highest BCUT2D eigenvalue weighted by atomic mass is 15.1. The second-order valence-corrected chi connectivity index (χ2v) is 3.25. The van der Waals surface area contributed by atoms with Gasteiger partial charge < -0.3 is 10.6 Å². The molecule has 0 radical (unpaired) electrons. The molecule has 2 heteroatoms. The standard InChI is InChI=1S/C11H16N2/c1-4-11(12)9-5-7-10(8-6-9)13(2)3/h4-8,11H,1,12H2,2-3H3. The Kier molecular flexibility index (Phi) is 3.09. The molecule has 1 atom stereocenters. The first kappa shape index (κ1) is 9.81. The normalized spacial score (nSPS) is 12.2. The average molecular weight is 176 g/mol. The van der Waals surface area contributed by atoms with Crippen LogP contribution in [-0.4, -0.2) is 14.1 Å². The molecule has 0 spiro atoms. The van der Waals surface area contributed by atoms with Gasteiger partial charge in [-0.2, -0.15) is 0 Å². The molecule has 1 aromatic rings. The van der Waals surface area contributed by atoms with E-state index >= 15 is 0 Å². The van der Waals surface area contributed by atoms with Crippen molar-refractivity contribution in [1.29, 1.82) is 0 Å². The molecule has 0 saturated carbocycles. The van der Waals surface area contributed by atoms with E-state index in [1.165, 1.54) is 5.69 Å².